The van der Waals surface area contributed by atoms with E-state index in [9.17, 15) is 0 Å². The van der Waals surface area contributed by atoms with Gasteiger partial charge in [-0.25, -0.2) is 4.68 Å². The fourth-order valence-electron chi connectivity index (χ4n) is 4.13. The summed E-state index contributed by atoms with van der Waals surface area (Å²) in [5.74, 6) is 0. The quantitative estimate of drug-likeness (QED) is 0.230. The van der Waals surface area contributed by atoms with Crippen LogP contribution in [0.5, 0.6) is 0 Å². The van der Waals surface area contributed by atoms with Crippen LogP contribution in [0, 0.1) is 6.92 Å². The Morgan fingerprint density at radius 1 is 0.794 bits per heavy atom. The van der Waals surface area contributed by atoms with E-state index < -0.39 is 0 Å². The van der Waals surface area contributed by atoms with E-state index in [2.05, 4.69) is 30.3 Å². The van der Waals surface area contributed by atoms with Gasteiger partial charge in [0.15, 0.2) is 0 Å². The molecule has 0 saturated carbocycles. The first kappa shape index (κ1) is 22.9. The van der Waals surface area contributed by atoms with Crippen LogP contribution in [0.4, 0.5) is 0 Å². The molecule has 1 aromatic heterocycles. The highest BCUT2D eigenvalue weighted by molar-refractivity contribution is 6.35. The van der Waals surface area contributed by atoms with E-state index in [4.69, 9.17) is 44.6 Å². The number of rotatable bonds is 6. The van der Waals surface area contributed by atoms with Crippen LogP contribution in [0.3, 0.4) is 0 Å². The SMILES string of the molecule is Cc1c(COCc2cccc3ccccc23)nn(-c2ccc(Cl)cc2Cl)c1-c1ccc(Cl)cc1. The molecule has 0 bridgehead atoms. The van der Waals surface area contributed by atoms with Gasteiger partial charge in [0.25, 0.3) is 0 Å². The second kappa shape index (κ2) is 9.81. The van der Waals surface area contributed by atoms with Crippen molar-refractivity contribution in [3.05, 3.63) is 117 Å². The summed E-state index contributed by atoms with van der Waals surface area (Å²) in [5.41, 5.74) is 5.68. The molecule has 0 fully saturated rings. The molecule has 0 saturated heterocycles. The van der Waals surface area contributed by atoms with Gasteiger partial charge in [0.1, 0.15) is 0 Å². The Labute approximate surface area is 213 Å². The summed E-state index contributed by atoms with van der Waals surface area (Å²) in [6, 6.07) is 27.7. The smallest absolute Gasteiger partial charge is 0.0922 e. The largest absolute Gasteiger partial charge is 0.370 e. The Morgan fingerprint density at radius 2 is 1.53 bits per heavy atom. The topological polar surface area (TPSA) is 27.1 Å². The Balaban J connectivity index is 1.49. The van der Waals surface area contributed by atoms with E-state index in [1.165, 1.54) is 10.8 Å². The van der Waals surface area contributed by atoms with Crippen LogP contribution in [0.25, 0.3) is 27.7 Å². The minimum Gasteiger partial charge on any atom is -0.370 e. The average Bonchev–Trinajstić information content (AvgIpc) is 3.15. The average molecular weight is 508 g/mol. The predicted octanol–water partition coefficient (Wildman–Crippen LogP) is 8.68. The fourth-order valence-corrected chi connectivity index (χ4v) is 4.74. The molecule has 4 aromatic carbocycles. The number of benzene rings is 4. The zero-order valence-electron chi connectivity index (χ0n) is 18.4. The maximum absolute atomic E-state index is 6.55. The first-order valence-electron chi connectivity index (χ1n) is 10.9. The van der Waals surface area contributed by atoms with E-state index in [0.717, 1.165) is 33.8 Å². The number of halogens is 3. The molecule has 5 rings (SSSR count). The van der Waals surface area contributed by atoms with Crippen molar-refractivity contribution < 1.29 is 4.74 Å². The zero-order chi connectivity index (χ0) is 23.7. The molecule has 0 aliphatic carbocycles. The minimum absolute atomic E-state index is 0.369. The first-order valence-corrected chi connectivity index (χ1v) is 12.0. The Bertz CT molecular complexity index is 1470. The first-order chi connectivity index (χ1) is 16.5. The van der Waals surface area contributed by atoms with Gasteiger partial charge in [-0.05, 0) is 53.6 Å². The number of nitrogens with zero attached hydrogens (tertiary/aromatic N) is 2. The van der Waals surface area contributed by atoms with Gasteiger partial charge in [-0.3, -0.25) is 0 Å². The monoisotopic (exact) mass is 506 g/mol. The molecular formula is C28H21Cl3N2O. The molecule has 34 heavy (non-hydrogen) atoms. The van der Waals surface area contributed by atoms with Crippen LogP contribution in [-0.2, 0) is 18.0 Å². The van der Waals surface area contributed by atoms with Gasteiger partial charge in [0.2, 0.25) is 0 Å². The summed E-state index contributed by atoms with van der Waals surface area (Å²) in [5, 5.41) is 9.06. The number of ether oxygens (including phenoxy) is 1. The maximum Gasteiger partial charge on any atom is 0.0922 e. The highest BCUT2D eigenvalue weighted by Crippen LogP contribution is 2.33. The van der Waals surface area contributed by atoms with Crippen LogP contribution in [0.15, 0.2) is 84.9 Å². The van der Waals surface area contributed by atoms with Crippen LogP contribution < -0.4 is 0 Å². The lowest BCUT2D eigenvalue weighted by molar-refractivity contribution is 0.105. The third-order valence-electron chi connectivity index (χ3n) is 5.85. The number of hydrogen-bond acceptors (Lipinski definition) is 2. The van der Waals surface area contributed by atoms with Crippen LogP contribution in [0.2, 0.25) is 15.1 Å². The lowest BCUT2D eigenvalue weighted by atomic mass is 10.1. The van der Waals surface area contributed by atoms with Crippen molar-refractivity contribution >= 4 is 45.6 Å². The molecular weight excluding hydrogens is 487 g/mol. The van der Waals surface area contributed by atoms with E-state index in [1.807, 2.05) is 60.1 Å². The van der Waals surface area contributed by atoms with Crippen LogP contribution in [-0.4, -0.2) is 9.78 Å². The number of fused-ring (bicyclic) bond motifs is 1. The summed E-state index contributed by atoms with van der Waals surface area (Å²) in [7, 11) is 0. The van der Waals surface area contributed by atoms with Gasteiger partial charge in [0.05, 0.1) is 35.3 Å². The zero-order valence-corrected chi connectivity index (χ0v) is 20.7. The van der Waals surface area contributed by atoms with Gasteiger partial charge < -0.3 is 4.74 Å². The summed E-state index contributed by atoms with van der Waals surface area (Å²) in [4.78, 5) is 0. The van der Waals surface area contributed by atoms with Crippen LogP contribution in [0.1, 0.15) is 16.8 Å². The molecule has 0 radical (unpaired) electrons. The van der Waals surface area contributed by atoms with Crippen molar-refractivity contribution in [1.82, 2.24) is 9.78 Å². The third-order valence-corrected chi connectivity index (χ3v) is 6.64. The summed E-state index contributed by atoms with van der Waals surface area (Å²) in [6.07, 6.45) is 0. The van der Waals surface area contributed by atoms with Crippen molar-refractivity contribution in [3.8, 4) is 16.9 Å². The Kier molecular flexibility index (Phi) is 6.62. The molecule has 0 N–H and O–H groups in total. The van der Waals surface area contributed by atoms with E-state index in [0.29, 0.717) is 28.3 Å². The summed E-state index contributed by atoms with van der Waals surface area (Å²) >= 11 is 18.8. The van der Waals surface area contributed by atoms with Crippen molar-refractivity contribution in [2.45, 2.75) is 20.1 Å². The van der Waals surface area contributed by atoms with E-state index in [1.54, 1.807) is 6.07 Å². The second-order valence-corrected chi connectivity index (χ2v) is 9.35. The van der Waals surface area contributed by atoms with E-state index >= 15 is 0 Å². The third kappa shape index (κ3) is 4.57. The molecule has 0 unspecified atom stereocenters. The molecule has 0 aliphatic rings. The minimum atomic E-state index is 0.369. The van der Waals surface area contributed by atoms with Crippen molar-refractivity contribution in [2.24, 2.45) is 0 Å². The molecule has 5 aromatic rings. The Morgan fingerprint density at radius 3 is 2.32 bits per heavy atom. The number of aromatic nitrogens is 2. The molecule has 3 nitrogen and oxygen atoms in total. The summed E-state index contributed by atoms with van der Waals surface area (Å²) in [6.45, 7) is 2.91. The van der Waals surface area contributed by atoms with E-state index in [-0.39, 0.29) is 0 Å². The molecule has 0 spiro atoms. The van der Waals surface area contributed by atoms with Gasteiger partial charge in [-0.15, -0.1) is 0 Å². The fraction of sp³-hybridized carbons (Fsp3) is 0.107. The molecule has 170 valence electrons. The van der Waals surface area contributed by atoms with Gasteiger partial charge in [-0.2, -0.15) is 5.10 Å². The normalized spacial score (nSPS) is 11.3. The Hall–Kier alpha value is -2.82. The summed E-state index contributed by atoms with van der Waals surface area (Å²) < 4.78 is 8.01. The standard InChI is InChI=1S/C28H21Cl3N2O/c1-18-26(17-34-16-21-7-4-6-19-5-2-3-8-24(19)21)32-33(27-14-13-23(30)15-25(27)31)28(18)20-9-11-22(29)12-10-20/h2-15H,16-17H2,1H3. The predicted molar refractivity (Wildman–Crippen MR) is 141 cm³/mol. The van der Waals surface area contributed by atoms with Gasteiger partial charge in [-0.1, -0.05) is 89.4 Å². The molecule has 0 atom stereocenters. The lowest BCUT2D eigenvalue weighted by Gasteiger charge is -2.11. The molecule has 0 aliphatic heterocycles. The molecule has 1 heterocycles. The van der Waals surface area contributed by atoms with Gasteiger partial charge >= 0.3 is 0 Å². The number of hydrogen-bond donors (Lipinski definition) is 0. The second-order valence-electron chi connectivity index (χ2n) is 8.07. The molecule has 0 amide bonds. The van der Waals surface area contributed by atoms with Crippen LogP contribution >= 0.6 is 34.8 Å². The van der Waals surface area contributed by atoms with Crippen molar-refractivity contribution in [3.63, 3.8) is 0 Å². The highest BCUT2D eigenvalue weighted by atomic mass is 35.5. The molecule has 6 heteroatoms. The highest BCUT2D eigenvalue weighted by Gasteiger charge is 2.19. The van der Waals surface area contributed by atoms with Crippen molar-refractivity contribution in [2.75, 3.05) is 0 Å². The van der Waals surface area contributed by atoms with Crippen molar-refractivity contribution in [1.29, 1.82) is 0 Å². The lowest BCUT2D eigenvalue weighted by Crippen LogP contribution is -2.01. The van der Waals surface area contributed by atoms with Gasteiger partial charge in [0, 0.05) is 21.2 Å². The maximum atomic E-state index is 6.55.